The average molecular weight is 352 g/mol. The minimum atomic E-state index is 1.00. The van der Waals surface area contributed by atoms with Gasteiger partial charge < -0.3 is 0 Å². The number of hydrogen-bond acceptors (Lipinski definition) is 0. The quantitative estimate of drug-likeness (QED) is 0.180. The van der Waals surface area contributed by atoms with E-state index >= 15 is 0 Å². The first-order chi connectivity index (χ1) is 12.3. The Kier molecular flexibility index (Phi) is 22.0. The molecule has 0 aliphatic rings. The van der Waals surface area contributed by atoms with Gasteiger partial charge in [-0.2, -0.15) is 0 Å². The van der Waals surface area contributed by atoms with E-state index in [1.54, 1.807) is 0 Å². The summed E-state index contributed by atoms with van der Waals surface area (Å²) in [7, 11) is 0. The van der Waals surface area contributed by atoms with E-state index in [0.29, 0.717) is 0 Å². The fourth-order valence-electron chi connectivity index (χ4n) is 4.00. The molecule has 0 aliphatic heterocycles. The van der Waals surface area contributed by atoms with E-state index in [9.17, 15) is 0 Å². The number of rotatable bonds is 21. The second-order valence-electron chi connectivity index (χ2n) is 8.39. The summed E-state index contributed by atoms with van der Waals surface area (Å²) in [6, 6.07) is 0. The van der Waals surface area contributed by atoms with Gasteiger partial charge in [-0.25, -0.2) is 0 Å². The minimum Gasteiger partial charge on any atom is -0.0654 e. The predicted molar refractivity (Wildman–Crippen MR) is 117 cm³/mol. The van der Waals surface area contributed by atoms with Crippen molar-refractivity contribution >= 4 is 0 Å². The van der Waals surface area contributed by atoms with Crippen LogP contribution in [0.15, 0.2) is 0 Å². The molecule has 1 atom stereocenters. The molecule has 0 heterocycles. The lowest BCUT2D eigenvalue weighted by molar-refractivity contribution is 0.375. The van der Waals surface area contributed by atoms with Gasteiger partial charge >= 0.3 is 0 Å². The van der Waals surface area contributed by atoms with Crippen LogP contribution in [0.4, 0.5) is 0 Å². The molecular formula is C25H51. The van der Waals surface area contributed by atoms with E-state index in [2.05, 4.69) is 20.8 Å². The molecular weight excluding hydrogens is 300 g/mol. The Morgan fingerprint density at radius 3 is 1.20 bits per heavy atom. The van der Waals surface area contributed by atoms with Gasteiger partial charge in [0.2, 0.25) is 0 Å². The molecule has 0 spiro atoms. The molecule has 0 rings (SSSR count). The zero-order chi connectivity index (χ0) is 18.4. The van der Waals surface area contributed by atoms with E-state index in [0.717, 1.165) is 12.3 Å². The van der Waals surface area contributed by atoms with Gasteiger partial charge in [0.1, 0.15) is 0 Å². The van der Waals surface area contributed by atoms with Crippen molar-refractivity contribution in [1.29, 1.82) is 0 Å². The third kappa shape index (κ3) is 20.2. The van der Waals surface area contributed by atoms with Crippen LogP contribution in [-0.4, -0.2) is 0 Å². The van der Waals surface area contributed by atoms with Crippen molar-refractivity contribution < 1.29 is 0 Å². The van der Waals surface area contributed by atoms with E-state index in [1.807, 2.05) is 0 Å². The van der Waals surface area contributed by atoms with Gasteiger partial charge in [-0.15, -0.1) is 0 Å². The fourth-order valence-corrected chi connectivity index (χ4v) is 4.00. The lowest BCUT2D eigenvalue weighted by atomic mass is 9.90. The average Bonchev–Trinajstić information content (AvgIpc) is 2.63. The molecule has 0 aromatic heterocycles. The Bertz CT molecular complexity index is 220. The summed E-state index contributed by atoms with van der Waals surface area (Å²) in [4.78, 5) is 0. The van der Waals surface area contributed by atoms with E-state index < -0.39 is 0 Å². The first-order valence-corrected chi connectivity index (χ1v) is 12.1. The van der Waals surface area contributed by atoms with Crippen LogP contribution in [0, 0.1) is 12.8 Å². The molecule has 0 bridgehead atoms. The van der Waals surface area contributed by atoms with Crippen LogP contribution in [0.1, 0.15) is 149 Å². The second kappa shape index (κ2) is 22.0. The van der Waals surface area contributed by atoms with Crippen molar-refractivity contribution in [2.24, 2.45) is 5.92 Å². The monoisotopic (exact) mass is 351 g/mol. The molecule has 0 fully saturated rings. The van der Waals surface area contributed by atoms with Gasteiger partial charge in [-0.3, -0.25) is 0 Å². The summed E-state index contributed by atoms with van der Waals surface area (Å²) in [5.41, 5.74) is 0. The molecule has 0 heteroatoms. The highest BCUT2D eigenvalue weighted by Gasteiger charge is 2.07. The largest absolute Gasteiger partial charge is 0.0654 e. The third-order valence-corrected chi connectivity index (χ3v) is 5.79. The van der Waals surface area contributed by atoms with E-state index in [4.69, 9.17) is 0 Å². The molecule has 25 heavy (non-hydrogen) atoms. The fraction of sp³-hybridized carbons (Fsp3) is 0.960. The summed E-state index contributed by atoms with van der Waals surface area (Å²) in [6.07, 6.45) is 30.2. The third-order valence-electron chi connectivity index (χ3n) is 5.79. The maximum Gasteiger partial charge on any atom is -0.0414 e. The van der Waals surface area contributed by atoms with Crippen molar-refractivity contribution in [2.45, 2.75) is 149 Å². The number of hydrogen-bond donors (Lipinski definition) is 0. The summed E-state index contributed by atoms with van der Waals surface area (Å²) in [5.74, 6) is 1.00. The SMILES string of the molecule is [CH2]CCCC(CCCCC)CCCCCCCCCCCCCCC. The van der Waals surface area contributed by atoms with Crippen molar-refractivity contribution in [3.8, 4) is 0 Å². The molecule has 0 N–H and O–H groups in total. The Labute approximate surface area is 161 Å². The highest BCUT2D eigenvalue weighted by atomic mass is 14.1. The molecule has 0 aromatic carbocycles. The van der Waals surface area contributed by atoms with E-state index in [-0.39, 0.29) is 0 Å². The van der Waals surface area contributed by atoms with Gasteiger partial charge in [-0.05, 0) is 5.92 Å². The summed E-state index contributed by atoms with van der Waals surface area (Å²) >= 11 is 0. The van der Waals surface area contributed by atoms with Gasteiger partial charge in [0.15, 0.2) is 0 Å². The van der Waals surface area contributed by atoms with Crippen LogP contribution in [0.25, 0.3) is 0 Å². The molecule has 0 nitrogen and oxygen atoms in total. The highest BCUT2D eigenvalue weighted by Crippen LogP contribution is 2.23. The van der Waals surface area contributed by atoms with E-state index in [1.165, 1.54) is 128 Å². The molecule has 0 amide bonds. The van der Waals surface area contributed by atoms with Crippen LogP contribution >= 0.6 is 0 Å². The van der Waals surface area contributed by atoms with Crippen LogP contribution in [0.5, 0.6) is 0 Å². The van der Waals surface area contributed by atoms with Crippen molar-refractivity contribution in [2.75, 3.05) is 0 Å². The lowest BCUT2D eigenvalue weighted by Crippen LogP contribution is -2.01. The van der Waals surface area contributed by atoms with Gasteiger partial charge in [-0.1, -0.05) is 156 Å². The smallest absolute Gasteiger partial charge is 0.0414 e. The molecule has 0 aromatic rings. The lowest BCUT2D eigenvalue weighted by Gasteiger charge is -2.16. The molecule has 151 valence electrons. The molecule has 0 saturated heterocycles. The number of unbranched alkanes of at least 4 members (excludes halogenated alkanes) is 15. The van der Waals surface area contributed by atoms with Gasteiger partial charge in [0.25, 0.3) is 0 Å². The maximum atomic E-state index is 4.02. The van der Waals surface area contributed by atoms with Crippen LogP contribution in [-0.2, 0) is 0 Å². The molecule has 0 aliphatic carbocycles. The Balaban J connectivity index is 3.35. The maximum absolute atomic E-state index is 4.02. The minimum absolute atomic E-state index is 1.00. The first-order valence-electron chi connectivity index (χ1n) is 12.1. The standard InChI is InChI=1S/C25H51/c1-4-7-10-11-12-13-14-15-16-17-18-19-21-24-25(22-9-6-3)23-20-8-5-2/h25H,3-24H2,1-2H3. The Morgan fingerprint density at radius 1 is 0.440 bits per heavy atom. The second-order valence-corrected chi connectivity index (χ2v) is 8.39. The zero-order valence-electron chi connectivity index (χ0n) is 18.1. The molecule has 1 radical (unpaired) electrons. The summed E-state index contributed by atoms with van der Waals surface area (Å²) < 4.78 is 0. The van der Waals surface area contributed by atoms with Crippen molar-refractivity contribution in [3.05, 3.63) is 6.92 Å². The van der Waals surface area contributed by atoms with Crippen LogP contribution in [0.3, 0.4) is 0 Å². The van der Waals surface area contributed by atoms with Gasteiger partial charge in [0.05, 0.1) is 0 Å². The summed E-state index contributed by atoms with van der Waals surface area (Å²) in [5, 5.41) is 0. The Morgan fingerprint density at radius 2 is 0.760 bits per heavy atom. The van der Waals surface area contributed by atoms with Gasteiger partial charge in [0, 0.05) is 0 Å². The zero-order valence-corrected chi connectivity index (χ0v) is 18.1. The Hall–Kier alpha value is 0. The van der Waals surface area contributed by atoms with Crippen LogP contribution < -0.4 is 0 Å². The highest BCUT2D eigenvalue weighted by molar-refractivity contribution is 4.62. The van der Waals surface area contributed by atoms with Crippen molar-refractivity contribution in [1.82, 2.24) is 0 Å². The molecule has 1 unspecified atom stereocenters. The topological polar surface area (TPSA) is 0 Å². The summed E-state index contributed by atoms with van der Waals surface area (Å²) in [6.45, 7) is 8.64. The predicted octanol–water partition coefficient (Wildman–Crippen LogP) is 9.67. The molecule has 0 saturated carbocycles. The normalized spacial score (nSPS) is 12.6. The first kappa shape index (κ1) is 25.0. The van der Waals surface area contributed by atoms with Crippen molar-refractivity contribution in [3.63, 3.8) is 0 Å². The van der Waals surface area contributed by atoms with Crippen LogP contribution in [0.2, 0.25) is 0 Å².